The molecule has 0 spiro atoms. The lowest BCUT2D eigenvalue weighted by Crippen LogP contribution is -2.42. The third-order valence-electron chi connectivity index (χ3n) is 8.35. The number of H-pyrrole nitrogens is 1. The van der Waals surface area contributed by atoms with Crippen LogP contribution in [0.1, 0.15) is 69.5 Å². The van der Waals surface area contributed by atoms with Crippen LogP contribution in [-0.4, -0.2) is 38.5 Å². The Kier molecular flexibility index (Phi) is 9.98. The smallest absolute Gasteiger partial charge is 0.354 e. The number of aromatic nitrogens is 3. The van der Waals surface area contributed by atoms with Gasteiger partial charge < -0.3 is 21.4 Å². The molecule has 0 saturated carbocycles. The van der Waals surface area contributed by atoms with Crippen molar-refractivity contribution in [3.05, 3.63) is 93.8 Å². The third kappa shape index (κ3) is 7.46. The van der Waals surface area contributed by atoms with Gasteiger partial charge in [0.2, 0.25) is 0 Å². The zero-order valence-corrected chi connectivity index (χ0v) is 26.1. The van der Waals surface area contributed by atoms with E-state index in [1.54, 1.807) is 37.4 Å². The van der Waals surface area contributed by atoms with E-state index in [2.05, 4.69) is 46.2 Å². The van der Waals surface area contributed by atoms with E-state index in [1.807, 2.05) is 12.1 Å². The second-order valence-corrected chi connectivity index (χ2v) is 12.4. The minimum atomic E-state index is -0.523. The second kappa shape index (κ2) is 13.9. The number of halogens is 2. The molecule has 0 unspecified atom stereocenters. The molecule has 44 heavy (non-hydrogen) atoms. The van der Waals surface area contributed by atoms with Crippen molar-refractivity contribution in [2.24, 2.45) is 5.73 Å². The van der Waals surface area contributed by atoms with Crippen LogP contribution in [0.5, 0.6) is 0 Å². The molecule has 0 aliphatic carbocycles. The average molecular weight is 618 g/mol. The topological polar surface area (TPSA) is 125 Å². The van der Waals surface area contributed by atoms with Crippen LogP contribution in [0.2, 0.25) is 5.02 Å². The van der Waals surface area contributed by atoms with Gasteiger partial charge >= 0.3 is 5.69 Å². The quantitative estimate of drug-likeness (QED) is 0.0741. The van der Waals surface area contributed by atoms with Gasteiger partial charge in [-0.3, -0.25) is 9.98 Å². The monoisotopic (exact) mass is 617 g/mol. The van der Waals surface area contributed by atoms with Gasteiger partial charge in [0.1, 0.15) is 5.65 Å². The van der Waals surface area contributed by atoms with Crippen molar-refractivity contribution in [3.8, 4) is 16.9 Å². The molecular formula is C34H41ClFN7O. The van der Waals surface area contributed by atoms with Crippen LogP contribution in [-0.2, 0) is 6.42 Å². The molecule has 4 aromatic rings. The Morgan fingerprint density at radius 2 is 2.07 bits per heavy atom. The Hall–Kier alpha value is -3.79. The summed E-state index contributed by atoms with van der Waals surface area (Å²) in [7, 11) is 0. The van der Waals surface area contributed by atoms with E-state index in [4.69, 9.17) is 22.7 Å². The van der Waals surface area contributed by atoms with Gasteiger partial charge in [-0.25, -0.2) is 9.18 Å². The number of nitrogens with two attached hydrogens (primary N) is 1. The van der Waals surface area contributed by atoms with Crippen LogP contribution in [0.4, 0.5) is 4.39 Å². The van der Waals surface area contributed by atoms with Crippen LogP contribution >= 0.6 is 11.6 Å². The summed E-state index contributed by atoms with van der Waals surface area (Å²) in [5.74, 6) is -0.0360. The minimum Gasteiger partial charge on any atom is -0.372 e. The number of benzene rings is 2. The molecule has 0 radical (unpaired) electrons. The zero-order valence-electron chi connectivity index (χ0n) is 25.3. The molecule has 10 heteroatoms. The Bertz CT molecular complexity index is 1700. The van der Waals surface area contributed by atoms with E-state index < -0.39 is 11.5 Å². The number of piperidine rings is 1. The zero-order chi connectivity index (χ0) is 31.4. The first-order valence-electron chi connectivity index (χ1n) is 15.3. The second-order valence-electron chi connectivity index (χ2n) is 12.0. The maximum Gasteiger partial charge on any atom is 0.354 e. The average Bonchev–Trinajstić information content (AvgIpc) is 3.40. The lowest BCUT2D eigenvalue weighted by atomic mass is 9.90. The Labute approximate surface area is 262 Å². The first-order valence-corrected chi connectivity index (χ1v) is 15.7. The highest BCUT2D eigenvalue weighted by Crippen LogP contribution is 2.32. The van der Waals surface area contributed by atoms with Gasteiger partial charge in [0.15, 0.2) is 5.82 Å². The molecule has 1 fully saturated rings. The number of fused-ring (bicyclic) bond motifs is 1. The highest BCUT2D eigenvalue weighted by molar-refractivity contribution is 6.31. The van der Waals surface area contributed by atoms with Crippen LogP contribution in [0.3, 0.4) is 0 Å². The molecule has 4 atom stereocenters. The summed E-state index contributed by atoms with van der Waals surface area (Å²) in [6.07, 6.45) is 9.99. The number of nitrogens with zero attached hydrogens (tertiary/aromatic N) is 2. The number of amidine groups is 1. The molecule has 0 bridgehead atoms. The highest BCUT2D eigenvalue weighted by Gasteiger charge is 2.24. The Morgan fingerprint density at radius 1 is 1.30 bits per heavy atom. The van der Waals surface area contributed by atoms with Gasteiger partial charge in [-0.05, 0) is 93.8 Å². The lowest BCUT2D eigenvalue weighted by Gasteiger charge is -2.33. The number of hydrogen-bond acceptors (Lipinski definition) is 5. The van der Waals surface area contributed by atoms with Gasteiger partial charge in [-0.15, -0.1) is 6.58 Å². The SMILES string of the molecule is C=C[C@@H](N)CCCc1cc(Cl)c(F)c(-c2cc3cn(-c4ccc([C@@H]5CCC[C@@H](C[C@@H](C)NC(C)=N)N5)cc4)c(=O)nc3[nH]2)c1. The molecule has 2 aromatic heterocycles. The van der Waals surface area contributed by atoms with Gasteiger partial charge in [-0.2, -0.15) is 4.98 Å². The van der Waals surface area contributed by atoms with Crippen molar-refractivity contribution in [1.82, 2.24) is 25.2 Å². The predicted octanol–water partition coefficient (Wildman–Crippen LogP) is 6.56. The van der Waals surface area contributed by atoms with Crippen molar-refractivity contribution in [3.63, 3.8) is 0 Å². The van der Waals surface area contributed by atoms with E-state index in [9.17, 15) is 4.79 Å². The van der Waals surface area contributed by atoms with Crippen LogP contribution in [0.25, 0.3) is 28.0 Å². The van der Waals surface area contributed by atoms with Crippen molar-refractivity contribution in [2.75, 3.05) is 0 Å². The van der Waals surface area contributed by atoms with Gasteiger partial charge in [0.25, 0.3) is 0 Å². The normalized spacial score (nSPS) is 18.2. The fourth-order valence-electron chi connectivity index (χ4n) is 6.16. The number of hydrogen-bond donors (Lipinski definition) is 5. The molecule has 1 aliphatic heterocycles. The lowest BCUT2D eigenvalue weighted by molar-refractivity contribution is 0.297. The minimum absolute atomic E-state index is 0.0446. The van der Waals surface area contributed by atoms with Crippen LogP contribution in [0.15, 0.2) is 66.1 Å². The summed E-state index contributed by atoms with van der Waals surface area (Å²) in [4.78, 5) is 20.4. The number of aryl methyl sites for hydroxylation is 1. The standard InChI is InChI=1S/C34H41ClFN7O/c1-4-25(38)8-5-7-22-16-28(32(36)29(35)17-22)31-18-24-19-43(34(44)42-33(24)41-31)27-13-11-23(12-14-27)30-10-6-9-26(40-30)15-20(2)39-21(3)37/h4,11-14,16-20,25-26,30,40H,1,5-10,15,38H2,2-3H3,(H2,37,39)(H,41,42,44)/t20-,25-,26+,30+/m1/s1. The molecule has 232 valence electrons. The molecule has 2 aromatic carbocycles. The Balaban J connectivity index is 1.34. The van der Waals surface area contributed by atoms with Gasteiger partial charge in [0.05, 0.1) is 22.2 Å². The van der Waals surface area contributed by atoms with Crippen molar-refractivity contribution in [2.45, 2.75) is 83.0 Å². The molecular weight excluding hydrogens is 577 g/mol. The summed E-state index contributed by atoms with van der Waals surface area (Å²) in [6.45, 7) is 7.60. The van der Waals surface area contributed by atoms with Gasteiger partial charge in [-0.1, -0.05) is 36.2 Å². The molecule has 0 amide bonds. The molecule has 8 nitrogen and oxygen atoms in total. The summed E-state index contributed by atoms with van der Waals surface area (Å²) >= 11 is 6.27. The van der Waals surface area contributed by atoms with Crippen LogP contribution < -0.4 is 22.1 Å². The fraction of sp³-hybridized carbons (Fsp3) is 0.382. The first-order chi connectivity index (χ1) is 21.1. The van der Waals surface area contributed by atoms with E-state index in [-0.39, 0.29) is 23.1 Å². The van der Waals surface area contributed by atoms with Crippen LogP contribution in [0, 0.1) is 11.2 Å². The third-order valence-corrected chi connectivity index (χ3v) is 8.62. The summed E-state index contributed by atoms with van der Waals surface area (Å²) in [6, 6.07) is 14.0. The van der Waals surface area contributed by atoms with E-state index in [0.29, 0.717) is 46.3 Å². The fourth-order valence-corrected chi connectivity index (χ4v) is 6.40. The Morgan fingerprint density at radius 3 is 2.80 bits per heavy atom. The maximum atomic E-state index is 15.2. The molecule has 5 rings (SSSR count). The summed E-state index contributed by atoms with van der Waals surface area (Å²) < 4.78 is 16.7. The van der Waals surface area contributed by atoms with Gasteiger partial charge in [0, 0.05) is 41.3 Å². The first kappa shape index (κ1) is 31.6. The van der Waals surface area contributed by atoms with Crippen molar-refractivity contribution in [1.29, 1.82) is 5.41 Å². The predicted molar refractivity (Wildman–Crippen MR) is 177 cm³/mol. The van der Waals surface area contributed by atoms with E-state index >= 15 is 4.39 Å². The molecule has 1 aliphatic rings. The highest BCUT2D eigenvalue weighted by atomic mass is 35.5. The molecule has 6 N–H and O–H groups in total. The summed E-state index contributed by atoms with van der Waals surface area (Å²) in [5, 5.41) is 15.4. The number of nitrogens with one attached hydrogen (secondary N) is 4. The maximum absolute atomic E-state index is 15.2. The van der Waals surface area contributed by atoms with E-state index in [1.165, 1.54) is 10.1 Å². The van der Waals surface area contributed by atoms with Crippen molar-refractivity contribution < 1.29 is 4.39 Å². The van der Waals surface area contributed by atoms with Crippen molar-refractivity contribution >= 4 is 28.5 Å². The van der Waals surface area contributed by atoms with E-state index in [0.717, 1.165) is 44.1 Å². The number of rotatable bonds is 11. The molecule has 3 heterocycles. The largest absolute Gasteiger partial charge is 0.372 e. The number of aromatic amines is 1. The summed E-state index contributed by atoms with van der Waals surface area (Å²) in [5.41, 5.74) is 9.51. The molecule has 1 saturated heterocycles.